The smallest absolute Gasteiger partial charge is 0.100 e. The summed E-state index contributed by atoms with van der Waals surface area (Å²) in [5, 5.41) is 0. The highest BCUT2D eigenvalue weighted by atomic mass is 32.2. The van der Waals surface area contributed by atoms with Crippen molar-refractivity contribution in [3.63, 3.8) is 0 Å². The number of hydrogen-bond donors (Lipinski definition) is 0. The maximum Gasteiger partial charge on any atom is 0.100 e. The Morgan fingerprint density at radius 3 is 1.82 bits per heavy atom. The van der Waals surface area contributed by atoms with Gasteiger partial charge in [0.1, 0.15) is 11.0 Å². The molecule has 3 heteroatoms. The quantitative estimate of drug-likeness (QED) is 0.554. The molecule has 0 bridgehead atoms. The molecule has 2 nitrogen and oxygen atoms in total. The molecule has 0 radical (unpaired) electrons. The van der Waals surface area contributed by atoms with Crippen molar-refractivity contribution < 1.29 is 4.21 Å². The Balaban J connectivity index is 2.60. The maximum atomic E-state index is 11.7. The number of nitrogens with zero attached hydrogens (tertiary/aromatic N) is 1. The highest BCUT2D eigenvalue weighted by Crippen LogP contribution is 2.36. The van der Waals surface area contributed by atoms with Gasteiger partial charge in [-0.25, -0.2) is 8.51 Å². The van der Waals surface area contributed by atoms with Gasteiger partial charge in [0.05, 0.1) is 4.75 Å². The van der Waals surface area contributed by atoms with Crippen molar-refractivity contribution in [2.45, 2.75) is 44.9 Å². The molecule has 0 N–H and O–H groups in total. The molecule has 1 saturated heterocycles. The summed E-state index contributed by atoms with van der Waals surface area (Å²) in [7, 11) is -0.814. The Morgan fingerprint density at radius 2 is 1.73 bits per heavy atom. The lowest BCUT2D eigenvalue weighted by Crippen LogP contribution is -2.29. The first-order chi connectivity index (χ1) is 4.75. The van der Waals surface area contributed by atoms with Crippen molar-refractivity contribution in [1.82, 2.24) is 4.31 Å². The molecule has 2 atom stereocenters. The van der Waals surface area contributed by atoms with Gasteiger partial charge in [0, 0.05) is 12.1 Å². The van der Waals surface area contributed by atoms with E-state index >= 15 is 0 Å². The van der Waals surface area contributed by atoms with Crippen molar-refractivity contribution in [2.24, 2.45) is 0 Å². The largest absolute Gasteiger partial charge is 0.242 e. The van der Waals surface area contributed by atoms with E-state index in [9.17, 15) is 4.21 Å². The van der Waals surface area contributed by atoms with Gasteiger partial charge in [-0.2, -0.15) is 0 Å². The molecule has 1 fully saturated rings. The monoisotopic (exact) mass is 175 g/mol. The molecule has 1 rings (SSSR count). The first-order valence-corrected chi connectivity index (χ1v) is 5.05. The lowest BCUT2D eigenvalue weighted by molar-refractivity contribution is 0.572. The molecule has 0 spiro atoms. The fourth-order valence-corrected chi connectivity index (χ4v) is 2.47. The van der Waals surface area contributed by atoms with Crippen molar-refractivity contribution in [3.8, 4) is 0 Å². The van der Waals surface area contributed by atoms with E-state index in [0.29, 0.717) is 0 Å². The van der Waals surface area contributed by atoms with E-state index in [1.165, 1.54) is 0 Å². The van der Waals surface area contributed by atoms with Crippen LogP contribution in [0.2, 0.25) is 0 Å². The van der Waals surface area contributed by atoms with Gasteiger partial charge in [0.25, 0.3) is 0 Å². The van der Waals surface area contributed by atoms with E-state index in [1.807, 2.05) is 25.1 Å². The first kappa shape index (κ1) is 9.20. The molecule has 0 saturated carbocycles. The summed E-state index contributed by atoms with van der Waals surface area (Å²) in [6.07, 6.45) is 0. The third-order valence-electron chi connectivity index (χ3n) is 1.83. The summed E-state index contributed by atoms with van der Waals surface area (Å²) < 4.78 is 13.6. The Labute approximate surface area is 71.6 Å². The second kappa shape index (κ2) is 2.30. The molecule has 1 aliphatic heterocycles. The molecule has 11 heavy (non-hydrogen) atoms. The van der Waals surface area contributed by atoms with Crippen LogP contribution in [0.1, 0.15) is 34.6 Å². The van der Waals surface area contributed by atoms with Crippen molar-refractivity contribution in [2.75, 3.05) is 6.54 Å². The highest BCUT2D eigenvalue weighted by Gasteiger charge is 2.49. The second-order valence-corrected chi connectivity index (χ2v) is 6.87. The third kappa shape index (κ3) is 1.82. The van der Waals surface area contributed by atoms with Gasteiger partial charge in [-0.05, 0) is 34.6 Å². The highest BCUT2D eigenvalue weighted by molar-refractivity contribution is 7.84. The van der Waals surface area contributed by atoms with Crippen molar-refractivity contribution >= 4 is 11.0 Å². The van der Waals surface area contributed by atoms with Crippen LogP contribution in [0, 0.1) is 0 Å². The van der Waals surface area contributed by atoms with E-state index in [0.717, 1.165) is 6.54 Å². The molecule has 0 amide bonds. The van der Waals surface area contributed by atoms with Crippen LogP contribution < -0.4 is 0 Å². The van der Waals surface area contributed by atoms with Gasteiger partial charge in [-0.15, -0.1) is 0 Å². The minimum atomic E-state index is -0.814. The number of rotatable bonds is 1. The Kier molecular flexibility index (Phi) is 1.92. The zero-order valence-corrected chi connectivity index (χ0v) is 8.79. The summed E-state index contributed by atoms with van der Waals surface area (Å²) in [6.45, 7) is 11.2. The molecule has 1 heterocycles. The average molecular weight is 175 g/mol. The Hall–Kier alpha value is 0.110. The van der Waals surface area contributed by atoms with Crippen molar-refractivity contribution in [3.05, 3.63) is 0 Å². The van der Waals surface area contributed by atoms with Crippen LogP contribution in [-0.2, 0) is 11.0 Å². The molecule has 0 aromatic rings. The fraction of sp³-hybridized carbons (Fsp3) is 1.00. The minimum Gasteiger partial charge on any atom is -0.242 e. The molecule has 0 aromatic carbocycles. The van der Waals surface area contributed by atoms with Gasteiger partial charge in [0.15, 0.2) is 0 Å². The summed E-state index contributed by atoms with van der Waals surface area (Å²) in [4.78, 5) is 0. The van der Waals surface area contributed by atoms with Gasteiger partial charge >= 0.3 is 0 Å². The first-order valence-electron chi connectivity index (χ1n) is 3.95. The minimum absolute atomic E-state index is 0.103. The summed E-state index contributed by atoms with van der Waals surface area (Å²) in [5.41, 5.74) is 0.179. The third-order valence-corrected chi connectivity index (χ3v) is 3.90. The van der Waals surface area contributed by atoms with Crippen LogP contribution in [0.4, 0.5) is 0 Å². The van der Waals surface area contributed by atoms with Gasteiger partial charge in [-0.3, -0.25) is 0 Å². The molecular weight excluding hydrogens is 158 g/mol. The van der Waals surface area contributed by atoms with E-state index in [2.05, 4.69) is 13.8 Å². The van der Waals surface area contributed by atoms with E-state index in [-0.39, 0.29) is 10.3 Å². The van der Waals surface area contributed by atoms with Crippen LogP contribution in [0.25, 0.3) is 0 Å². The molecular formula is C8H17NOS. The maximum absolute atomic E-state index is 11.7. The molecule has 0 aromatic heterocycles. The van der Waals surface area contributed by atoms with Gasteiger partial charge in [-0.1, -0.05) is 0 Å². The fourth-order valence-electron chi connectivity index (χ4n) is 0.930. The number of hydrogen-bond acceptors (Lipinski definition) is 1. The summed E-state index contributed by atoms with van der Waals surface area (Å²) in [6, 6.07) is 0. The summed E-state index contributed by atoms with van der Waals surface area (Å²) >= 11 is 0. The van der Waals surface area contributed by atoms with Crippen LogP contribution in [0.15, 0.2) is 0 Å². The van der Waals surface area contributed by atoms with E-state index in [1.54, 1.807) is 0 Å². The molecule has 0 aliphatic carbocycles. The lowest BCUT2D eigenvalue weighted by Gasteiger charge is -2.19. The average Bonchev–Trinajstić information content (AvgIpc) is 2.36. The van der Waals surface area contributed by atoms with Crippen LogP contribution in [0.5, 0.6) is 0 Å². The van der Waals surface area contributed by atoms with E-state index in [4.69, 9.17) is 0 Å². The van der Waals surface area contributed by atoms with Gasteiger partial charge in [0.2, 0.25) is 0 Å². The van der Waals surface area contributed by atoms with E-state index < -0.39 is 11.0 Å². The molecule has 1 aliphatic rings. The van der Waals surface area contributed by atoms with Crippen LogP contribution in [-0.4, -0.2) is 25.3 Å². The zero-order chi connectivity index (χ0) is 8.86. The molecule has 1 unspecified atom stereocenters. The van der Waals surface area contributed by atoms with Crippen LogP contribution >= 0.6 is 0 Å². The predicted molar refractivity (Wildman–Crippen MR) is 48.7 cm³/mol. The summed E-state index contributed by atoms with van der Waals surface area (Å²) in [5.74, 6) is 0. The normalized spacial score (nSPS) is 31.5. The van der Waals surface area contributed by atoms with Crippen LogP contribution in [0.3, 0.4) is 0 Å². The SMILES string of the molecule is CC1(C)CN1[S@](=O)C(C)(C)C. The standard InChI is InChI=1S/C8H17NOS/c1-7(2,3)11(10)9-6-8(9,4)5/h6H2,1-5H3/t9?,11-/m1/s1. The molecule has 66 valence electrons. The Bertz CT molecular complexity index is 193. The predicted octanol–water partition coefficient (Wildman–Crippen LogP) is 1.54. The zero-order valence-electron chi connectivity index (χ0n) is 7.97. The van der Waals surface area contributed by atoms with Crippen molar-refractivity contribution in [1.29, 1.82) is 0 Å². The van der Waals surface area contributed by atoms with Gasteiger partial charge < -0.3 is 0 Å². The lowest BCUT2D eigenvalue weighted by atomic mass is 10.2. The second-order valence-electron chi connectivity index (χ2n) is 4.71. The topological polar surface area (TPSA) is 20.1 Å². The Morgan fingerprint density at radius 1 is 1.36 bits per heavy atom.